The first-order valence-electron chi connectivity index (χ1n) is 9.00. The van der Waals surface area contributed by atoms with Crippen molar-refractivity contribution >= 4 is 23.2 Å². The van der Waals surface area contributed by atoms with Crippen molar-refractivity contribution in [2.45, 2.75) is 41.5 Å². The molecule has 0 saturated heterocycles. The van der Waals surface area contributed by atoms with Crippen LogP contribution in [0.4, 0.5) is 0 Å². The summed E-state index contributed by atoms with van der Waals surface area (Å²) in [7, 11) is -5.33. The Bertz CT molecular complexity index is 394. The van der Waals surface area contributed by atoms with E-state index in [-0.39, 0.29) is 0 Å². The van der Waals surface area contributed by atoms with Crippen LogP contribution >= 0.6 is 23.2 Å². The van der Waals surface area contributed by atoms with Gasteiger partial charge in [-0.2, -0.15) is 0 Å². The van der Waals surface area contributed by atoms with Gasteiger partial charge in [-0.3, -0.25) is 0 Å². The summed E-state index contributed by atoms with van der Waals surface area (Å²) in [6.07, 6.45) is 0. The number of nitrogens with zero attached hydrogens (tertiary/aromatic N) is 1. The predicted octanol–water partition coefficient (Wildman–Crippen LogP) is 2.14. The quantitative estimate of drug-likeness (QED) is 0.235. The van der Waals surface area contributed by atoms with E-state index in [1.165, 1.54) is 0 Å². The van der Waals surface area contributed by atoms with Crippen molar-refractivity contribution in [2.24, 2.45) is 4.52 Å². The first-order chi connectivity index (χ1) is 11.4. The molecule has 1 aliphatic heterocycles. The van der Waals surface area contributed by atoms with Crippen molar-refractivity contribution in [1.29, 1.82) is 0 Å². The summed E-state index contributed by atoms with van der Waals surface area (Å²) in [5.41, 5.74) is 0. The van der Waals surface area contributed by atoms with E-state index in [1.807, 2.05) is 0 Å². The van der Waals surface area contributed by atoms with E-state index in [0.717, 1.165) is 47.8 Å². The third-order valence-electron chi connectivity index (χ3n) is 3.68. The second-order valence-corrected chi connectivity index (χ2v) is 14.4. The van der Waals surface area contributed by atoms with Gasteiger partial charge in [0, 0.05) is 0 Å². The fraction of sp³-hybridized carbons (Fsp3) is 1.00. The monoisotopic (exact) mass is 401 g/mol. The molecule has 146 valence electrons. The maximum absolute atomic E-state index is 5.01. The normalized spacial score (nSPS) is 27.4. The van der Waals surface area contributed by atoms with Crippen molar-refractivity contribution < 1.29 is 0 Å². The van der Waals surface area contributed by atoms with Gasteiger partial charge in [0.05, 0.1) is 0 Å². The Labute approximate surface area is 149 Å². The second-order valence-electron chi connectivity index (χ2n) is 5.65. The molecule has 0 saturated carbocycles. The fourth-order valence-corrected chi connectivity index (χ4v) is 17.1. The zero-order chi connectivity index (χ0) is 18.2. The molecule has 12 heteroatoms. The molecule has 1 heterocycles. The van der Waals surface area contributed by atoms with Gasteiger partial charge in [0.2, 0.25) is 0 Å². The van der Waals surface area contributed by atoms with Crippen molar-refractivity contribution in [3.05, 3.63) is 0 Å². The number of rotatable bonds is 12. The SMILES string of the molecule is CCNP1(NCC)(NCC)N=PNP(NCC)(NCC)(NCC)N1. The summed E-state index contributed by atoms with van der Waals surface area (Å²) in [5.74, 6) is 0. The molecule has 8 N–H and O–H groups in total. The standard InChI is InChI=1S/C12H38N9P3/c1-7-13-23(14-8-2,15-9-3)19-22-20-24(21-23,16-10-4,17-11-5)18-12-6/h13-18,21H,7-12H2,1-6H3,(H,19,20). The molecular weight excluding hydrogens is 363 g/mol. The molecule has 0 aromatic rings. The van der Waals surface area contributed by atoms with E-state index in [2.05, 4.69) is 81.8 Å². The summed E-state index contributed by atoms with van der Waals surface area (Å²) < 4.78 is 5.01. The molecule has 0 aromatic heterocycles. The molecule has 0 radical (unpaired) electrons. The van der Waals surface area contributed by atoms with Crippen LogP contribution in [0.5, 0.6) is 0 Å². The summed E-state index contributed by atoms with van der Waals surface area (Å²) in [4.78, 5) is 7.53. The van der Waals surface area contributed by atoms with Gasteiger partial charge < -0.3 is 0 Å². The third-order valence-corrected chi connectivity index (χ3v) is 16.2. The number of hydrogen-bond donors (Lipinski definition) is 8. The predicted molar refractivity (Wildman–Crippen MR) is 112 cm³/mol. The molecule has 0 aliphatic carbocycles. The number of hydrogen-bond acceptors (Lipinski definition) is 9. The molecule has 0 amide bonds. The topological polar surface area (TPSA) is 109 Å². The van der Waals surface area contributed by atoms with E-state index in [9.17, 15) is 0 Å². The summed E-state index contributed by atoms with van der Waals surface area (Å²) >= 11 is 0. The Kier molecular flexibility index (Phi) is 8.53. The molecule has 24 heavy (non-hydrogen) atoms. The van der Waals surface area contributed by atoms with Crippen molar-refractivity contribution in [1.82, 2.24) is 40.2 Å². The van der Waals surface area contributed by atoms with Gasteiger partial charge in [-0.1, -0.05) is 0 Å². The van der Waals surface area contributed by atoms with Crippen molar-refractivity contribution in [3.8, 4) is 0 Å². The van der Waals surface area contributed by atoms with Crippen LogP contribution in [-0.2, 0) is 0 Å². The second kappa shape index (κ2) is 9.03. The average Bonchev–Trinajstić information content (AvgIpc) is 2.48. The minimum absolute atomic E-state index is 0.806. The molecule has 1 aliphatic rings. The molecule has 0 spiro atoms. The first kappa shape index (κ1) is 22.7. The molecule has 0 aromatic carbocycles. The maximum atomic E-state index is 5.01. The zero-order valence-corrected chi connectivity index (χ0v) is 18.7. The van der Waals surface area contributed by atoms with E-state index >= 15 is 0 Å². The van der Waals surface area contributed by atoms with E-state index in [4.69, 9.17) is 4.52 Å². The summed E-state index contributed by atoms with van der Waals surface area (Å²) in [5, 5.41) is 22.1. The Morgan fingerprint density at radius 2 is 1.04 bits per heavy atom. The van der Waals surface area contributed by atoms with Gasteiger partial charge in [-0.15, -0.1) is 0 Å². The van der Waals surface area contributed by atoms with Crippen LogP contribution in [0.15, 0.2) is 4.52 Å². The fourth-order valence-electron chi connectivity index (χ4n) is 3.25. The molecule has 1 rings (SSSR count). The van der Waals surface area contributed by atoms with Gasteiger partial charge in [-0.25, -0.2) is 0 Å². The summed E-state index contributed by atoms with van der Waals surface area (Å²) in [6.45, 7) is 17.6. The third kappa shape index (κ3) is 4.48. The molecule has 0 bridgehead atoms. The first-order valence-corrected chi connectivity index (χ1v) is 14.3. The van der Waals surface area contributed by atoms with E-state index < -0.39 is 14.7 Å². The summed E-state index contributed by atoms with van der Waals surface area (Å²) in [6, 6.07) is 0. The van der Waals surface area contributed by atoms with Crippen LogP contribution in [0, 0.1) is 0 Å². The van der Waals surface area contributed by atoms with Gasteiger partial charge in [0.15, 0.2) is 0 Å². The van der Waals surface area contributed by atoms with Crippen molar-refractivity contribution in [3.63, 3.8) is 0 Å². The van der Waals surface area contributed by atoms with Crippen LogP contribution in [0.2, 0.25) is 0 Å². The van der Waals surface area contributed by atoms with Crippen LogP contribution in [0.1, 0.15) is 41.5 Å². The molecule has 0 unspecified atom stereocenters. The average molecular weight is 401 g/mol. The molecule has 9 nitrogen and oxygen atoms in total. The molecule has 0 atom stereocenters. The van der Waals surface area contributed by atoms with Gasteiger partial charge in [0.25, 0.3) is 0 Å². The van der Waals surface area contributed by atoms with Crippen molar-refractivity contribution in [2.75, 3.05) is 39.3 Å². The Balaban J connectivity index is 3.53. The number of nitrogens with one attached hydrogen (secondary N) is 8. The minimum atomic E-state index is -3.13. The zero-order valence-electron chi connectivity index (χ0n) is 16.0. The van der Waals surface area contributed by atoms with Gasteiger partial charge in [-0.05, 0) is 0 Å². The Morgan fingerprint density at radius 3 is 1.38 bits per heavy atom. The van der Waals surface area contributed by atoms with E-state index in [1.54, 1.807) is 0 Å². The Hall–Kier alpha value is 0.640. The van der Waals surface area contributed by atoms with Crippen LogP contribution in [0.25, 0.3) is 0 Å². The van der Waals surface area contributed by atoms with Gasteiger partial charge in [0.1, 0.15) is 0 Å². The Morgan fingerprint density at radius 1 is 0.667 bits per heavy atom. The van der Waals surface area contributed by atoms with Crippen LogP contribution in [-0.4, -0.2) is 39.3 Å². The van der Waals surface area contributed by atoms with Crippen LogP contribution in [0.3, 0.4) is 0 Å². The molecular formula is C12H38N9P3. The van der Waals surface area contributed by atoms with Crippen LogP contribution < -0.4 is 40.2 Å². The van der Waals surface area contributed by atoms with Gasteiger partial charge >= 0.3 is 149 Å². The molecule has 0 fully saturated rings. The van der Waals surface area contributed by atoms with E-state index in [0.29, 0.717) is 0 Å².